The van der Waals surface area contributed by atoms with Crippen LogP contribution in [0.2, 0.25) is 0 Å². The van der Waals surface area contributed by atoms with Crippen LogP contribution in [0, 0.1) is 12.8 Å². The summed E-state index contributed by atoms with van der Waals surface area (Å²) in [6.07, 6.45) is 0. The van der Waals surface area contributed by atoms with E-state index < -0.39 is 0 Å². The SMILES string of the molecule is COc1cc(C)nc(Nc2nnc(CNCC(C)C)o2)n1. The minimum absolute atomic E-state index is 0.254. The fourth-order valence-corrected chi connectivity index (χ4v) is 1.64. The van der Waals surface area contributed by atoms with Crippen molar-refractivity contribution in [1.29, 1.82) is 0 Å². The van der Waals surface area contributed by atoms with E-state index in [0.717, 1.165) is 12.2 Å². The molecule has 0 amide bonds. The lowest BCUT2D eigenvalue weighted by molar-refractivity contribution is 0.397. The third kappa shape index (κ3) is 4.67. The summed E-state index contributed by atoms with van der Waals surface area (Å²) in [6.45, 7) is 7.55. The second-order valence-corrected chi connectivity index (χ2v) is 5.03. The fraction of sp³-hybridized carbons (Fsp3) is 0.538. The maximum atomic E-state index is 5.47. The summed E-state index contributed by atoms with van der Waals surface area (Å²) in [4.78, 5) is 8.38. The Morgan fingerprint density at radius 3 is 2.81 bits per heavy atom. The van der Waals surface area contributed by atoms with Gasteiger partial charge < -0.3 is 14.5 Å². The normalized spacial score (nSPS) is 10.9. The van der Waals surface area contributed by atoms with Crippen molar-refractivity contribution in [2.24, 2.45) is 5.92 Å². The second-order valence-electron chi connectivity index (χ2n) is 5.03. The number of ether oxygens (including phenoxy) is 1. The molecule has 114 valence electrons. The summed E-state index contributed by atoms with van der Waals surface area (Å²) in [6, 6.07) is 1.99. The lowest BCUT2D eigenvalue weighted by Crippen LogP contribution is -2.19. The Labute approximate surface area is 123 Å². The molecule has 8 heteroatoms. The molecule has 0 spiro atoms. The molecule has 0 saturated carbocycles. The van der Waals surface area contributed by atoms with E-state index in [-0.39, 0.29) is 6.01 Å². The van der Waals surface area contributed by atoms with Crippen molar-refractivity contribution in [2.45, 2.75) is 27.3 Å². The molecule has 2 aromatic rings. The van der Waals surface area contributed by atoms with Gasteiger partial charge in [0.05, 0.1) is 13.7 Å². The zero-order valence-electron chi connectivity index (χ0n) is 12.7. The molecule has 2 aromatic heterocycles. The van der Waals surface area contributed by atoms with Crippen LogP contribution in [0.3, 0.4) is 0 Å². The topological polar surface area (TPSA) is 98.0 Å². The number of hydrogen-bond acceptors (Lipinski definition) is 8. The van der Waals surface area contributed by atoms with E-state index in [9.17, 15) is 0 Å². The van der Waals surface area contributed by atoms with Crippen LogP contribution in [0.1, 0.15) is 25.4 Å². The number of anilines is 2. The van der Waals surface area contributed by atoms with Crippen molar-refractivity contribution in [1.82, 2.24) is 25.5 Å². The van der Waals surface area contributed by atoms with E-state index in [0.29, 0.717) is 30.2 Å². The van der Waals surface area contributed by atoms with Gasteiger partial charge in [0.1, 0.15) is 0 Å². The lowest BCUT2D eigenvalue weighted by Gasteiger charge is -2.04. The Morgan fingerprint density at radius 1 is 1.29 bits per heavy atom. The number of nitrogens with zero attached hydrogens (tertiary/aromatic N) is 4. The summed E-state index contributed by atoms with van der Waals surface area (Å²) in [5, 5.41) is 14.0. The van der Waals surface area contributed by atoms with Crippen LogP contribution in [-0.2, 0) is 6.54 Å². The van der Waals surface area contributed by atoms with Gasteiger partial charge in [-0.1, -0.05) is 18.9 Å². The van der Waals surface area contributed by atoms with Crippen molar-refractivity contribution in [3.8, 4) is 5.88 Å². The van der Waals surface area contributed by atoms with E-state index >= 15 is 0 Å². The quantitative estimate of drug-likeness (QED) is 0.795. The van der Waals surface area contributed by atoms with E-state index in [1.165, 1.54) is 0 Å². The molecule has 0 aromatic carbocycles. The predicted octanol–water partition coefficient (Wildman–Crippen LogP) is 1.67. The Bertz CT molecular complexity index is 584. The molecule has 0 aliphatic carbocycles. The van der Waals surface area contributed by atoms with Crippen molar-refractivity contribution in [2.75, 3.05) is 19.0 Å². The van der Waals surface area contributed by atoms with Crippen molar-refractivity contribution in [3.05, 3.63) is 17.7 Å². The molecule has 0 bridgehead atoms. The van der Waals surface area contributed by atoms with Gasteiger partial charge in [-0.05, 0) is 19.4 Å². The molecule has 0 radical (unpaired) electrons. The summed E-state index contributed by atoms with van der Waals surface area (Å²) in [7, 11) is 1.55. The molecule has 0 atom stereocenters. The first-order valence-electron chi connectivity index (χ1n) is 6.76. The highest BCUT2D eigenvalue weighted by molar-refractivity contribution is 5.41. The third-order valence-electron chi connectivity index (χ3n) is 2.55. The van der Waals surface area contributed by atoms with Gasteiger partial charge in [-0.3, -0.25) is 5.32 Å². The molecule has 0 aliphatic heterocycles. The van der Waals surface area contributed by atoms with E-state index in [1.54, 1.807) is 13.2 Å². The van der Waals surface area contributed by atoms with Crippen LogP contribution < -0.4 is 15.4 Å². The van der Waals surface area contributed by atoms with Gasteiger partial charge in [-0.25, -0.2) is 4.98 Å². The van der Waals surface area contributed by atoms with E-state index in [4.69, 9.17) is 9.15 Å². The van der Waals surface area contributed by atoms with Gasteiger partial charge in [0.15, 0.2) is 0 Å². The molecule has 2 heterocycles. The standard InChI is InChI=1S/C13H20N6O2/c1-8(2)6-14-7-11-18-19-13(21-11)17-12-15-9(3)5-10(16-12)20-4/h5,8,14H,6-7H2,1-4H3,(H,15,16,17,19). The molecule has 2 N–H and O–H groups in total. The highest BCUT2D eigenvalue weighted by Crippen LogP contribution is 2.15. The van der Waals surface area contributed by atoms with Gasteiger partial charge in [0.25, 0.3) is 0 Å². The van der Waals surface area contributed by atoms with Crippen molar-refractivity contribution >= 4 is 12.0 Å². The zero-order chi connectivity index (χ0) is 15.2. The average molecular weight is 292 g/mol. The van der Waals surface area contributed by atoms with E-state index in [2.05, 4.69) is 44.6 Å². The summed E-state index contributed by atoms with van der Waals surface area (Å²) in [5.74, 6) is 1.91. The van der Waals surface area contributed by atoms with Gasteiger partial charge in [-0.15, -0.1) is 5.10 Å². The molecule has 8 nitrogen and oxygen atoms in total. The zero-order valence-corrected chi connectivity index (χ0v) is 12.7. The number of rotatable bonds is 7. The predicted molar refractivity (Wildman–Crippen MR) is 77.4 cm³/mol. The molecular formula is C13H20N6O2. The smallest absolute Gasteiger partial charge is 0.322 e. The van der Waals surface area contributed by atoms with Crippen LogP contribution in [-0.4, -0.2) is 33.8 Å². The largest absolute Gasteiger partial charge is 0.481 e. The van der Waals surface area contributed by atoms with Crippen molar-refractivity contribution in [3.63, 3.8) is 0 Å². The summed E-state index contributed by atoms with van der Waals surface area (Å²) >= 11 is 0. The maximum Gasteiger partial charge on any atom is 0.322 e. The monoisotopic (exact) mass is 292 g/mol. The Hall–Kier alpha value is -2.22. The minimum atomic E-state index is 0.254. The second kappa shape index (κ2) is 6.98. The highest BCUT2D eigenvalue weighted by Gasteiger charge is 2.09. The lowest BCUT2D eigenvalue weighted by atomic mass is 10.2. The van der Waals surface area contributed by atoms with Gasteiger partial charge >= 0.3 is 6.01 Å². The number of aromatic nitrogens is 4. The highest BCUT2D eigenvalue weighted by atomic mass is 16.5. The number of aryl methyl sites for hydroxylation is 1. The maximum absolute atomic E-state index is 5.47. The first-order valence-corrected chi connectivity index (χ1v) is 6.76. The third-order valence-corrected chi connectivity index (χ3v) is 2.55. The summed E-state index contributed by atoms with van der Waals surface area (Å²) in [5.41, 5.74) is 0.780. The molecule has 21 heavy (non-hydrogen) atoms. The molecule has 0 fully saturated rings. The first kappa shape index (κ1) is 15.2. The van der Waals surface area contributed by atoms with Crippen molar-refractivity contribution < 1.29 is 9.15 Å². The number of nitrogens with one attached hydrogen (secondary N) is 2. The molecule has 2 rings (SSSR count). The average Bonchev–Trinajstić information content (AvgIpc) is 2.85. The van der Waals surface area contributed by atoms with Crippen LogP contribution in [0.5, 0.6) is 5.88 Å². The van der Waals surface area contributed by atoms with E-state index in [1.807, 2.05) is 6.92 Å². The molecule has 0 unspecified atom stereocenters. The number of hydrogen-bond donors (Lipinski definition) is 2. The van der Waals surface area contributed by atoms with Gasteiger partial charge in [0.2, 0.25) is 17.7 Å². The van der Waals surface area contributed by atoms with Crippen LogP contribution >= 0.6 is 0 Å². The summed E-state index contributed by atoms with van der Waals surface area (Å²) < 4.78 is 10.6. The number of methoxy groups -OCH3 is 1. The van der Waals surface area contributed by atoms with Crippen LogP contribution in [0.4, 0.5) is 12.0 Å². The minimum Gasteiger partial charge on any atom is -0.481 e. The first-order chi connectivity index (χ1) is 10.1. The van der Waals surface area contributed by atoms with Crippen LogP contribution in [0.15, 0.2) is 10.5 Å². The van der Waals surface area contributed by atoms with Gasteiger partial charge in [-0.2, -0.15) is 4.98 Å². The fourth-order valence-electron chi connectivity index (χ4n) is 1.64. The Balaban J connectivity index is 1.97. The van der Waals surface area contributed by atoms with Crippen LogP contribution in [0.25, 0.3) is 0 Å². The van der Waals surface area contributed by atoms with Gasteiger partial charge in [0, 0.05) is 11.8 Å². The molecule has 0 aliphatic rings. The Kier molecular flexibility index (Phi) is 5.04. The molecule has 0 saturated heterocycles. The Morgan fingerprint density at radius 2 is 2.10 bits per heavy atom. The molecular weight excluding hydrogens is 272 g/mol.